The van der Waals surface area contributed by atoms with Crippen LogP contribution in [0.3, 0.4) is 0 Å². The average Bonchev–Trinajstić information content (AvgIpc) is 2.62. The smallest absolute Gasteiger partial charge is 0.249 e. The summed E-state index contributed by atoms with van der Waals surface area (Å²) >= 11 is 0. The monoisotopic (exact) mass is 344 g/mol. The largest absolute Gasteiger partial charge is 0.378 e. The van der Waals surface area contributed by atoms with Gasteiger partial charge in [0.15, 0.2) is 0 Å². The molecule has 25 heavy (non-hydrogen) atoms. The van der Waals surface area contributed by atoms with Gasteiger partial charge in [-0.25, -0.2) is 4.99 Å². The van der Waals surface area contributed by atoms with Gasteiger partial charge >= 0.3 is 0 Å². The first kappa shape index (κ1) is 17.4. The maximum Gasteiger partial charge on any atom is 0.249 e. The SMILES string of the molecule is CC(C)c1ccc(NC(=O)[C@H]2CC(=O)NC(N3CCOCC3)=N2)cc1. The van der Waals surface area contributed by atoms with E-state index in [1.807, 2.05) is 29.2 Å². The fourth-order valence-corrected chi connectivity index (χ4v) is 2.84. The number of carbonyl (C=O) groups is 2. The van der Waals surface area contributed by atoms with Crippen LogP contribution in [0.1, 0.15) is 31.7 Å². The molecule has 0 spiro atoms. The zero-order valence-corrected chi connectivity index (χ0v) is 14.6. The molecule has 1 atom stereocenters. The Morgan fingerprint density at radius 3 is 2.60 bits per heavy atom. The fourth-order valence-electron chi connectivity index (χ4n) is 2.84. The number of hydrogen-bond donors (Lipinski definition) is 2. The van der Waals surface area contributed by atoms with Crippen molar-refractivity contribution in [3.8, 4) is 0 Å². The molecule has 2 N–H and O–H groups in total. The Hall–Kier alpha value is -2.41. The molecule has 1 saturated heterocycles. The molecule has 2 aliphatic rings. The van der Waals surface area contributed by atoms with Crippen LogP contribution in [0.2, 0.25) is 0 Å². The number of ether oxygens (including phenoxy) is 1. The molecule has 7 heteroatoms. The standard InChI is InChI=1S/C18H24N4O3/c1-12(2)13-3-5-14(6-4-13)19-17(24)15-11-16(23)21-18(20-15)22-7-9-25-10-8-22/h3-6,12,15H,7-11H2,1-2H3,(H,19,24)(H,20,21,23)/t15-/m1/s1. The van der Waals surface area contributed by atoms with E-state index in [4.69, 9.17) is 4.74 Å². The van der Waals surface area contributed by atoms with Crippen LogP contribution < -0.4 is 10.6 Å². The van der Waals surface area contributed by atoms with Crippen molar-refractivity contribution in [2.45, 2.75) is 32.2 Å². The molecule has 1 aromatic rings. The third-order valence-corrected chi connectivity index (χ3v) is 4.37. The lowest BCUT2D eigenvalue weighted by atomic mass is 10.0. The van der Waals surface area contributed by atoms with E-state index in [2.05, 4.69) is 29.5 Å². The van der Waals surface area contributed by atoms with Crippen molar-refractivity contribution in [3.63, 3.8) is 0 Å². The molecular weight excluding hydrogens is 320 g/mol. The van der Waals surface area contributed by atoms with Crippen molar-refractivity contribution >= 4 is 23.5 Å². The first-order valence-corrected chi connectivity index (χ1v) is 8.64. The number of amides is 2. The van der Waals surface area contributed by atoms with Crippen LogP contribution >= 0.6 is 0 Å². The first-order valence-electron chi connectivity index (χ1n) is 8.64. The number of anilines is 1. The Labute approximate surface area is 147 Å². The summed E-state index contributed by atoms with van der Waals surface area (Å²) in [4.78, 5) is 30.9. The highest BCUT2D eigenvalue weighted by molar-refractivity contribution is 6.05. The molecule has 0 unspecified atom stereocenters. The molecule has 1 aromatic carbocycles. The Kier molecular flexibility index (Phi) is 5.33. The third-order valence-electron chi connectivity index (χ3n) is 4.37. The Morgan fingerprint density at radius 2 is 1.96 bits per heavy atom. The van der Waals surface area contributed by atoms with Crippen LogP contribution in [0.25, 0.3) is 0 Å². The highest BCUT2D eigenvalue weighted by Crippen LogP contribution is 2.18. The van der Waals surface area contributed by atoms with E-state index in [0.717, 1.165) is 0 Å². The van der Waals surface area contributed by atoms with Crippen molar-refractivity contribution in [2.75, 3.05) is 31.6 Å². The molecular formula is C18H24N4O3. The molecule has 0 bridgehead atoms. The van der Waals surface area contributed by atoms with E-state index in [1.165, 1.54) is 5.56 Å². The van der Waals surface area contributed by atoms with Crippen LogP contribution in [0.5, 0.6) is 0 Å². The van der Waals surface area contributed by atoms with E-state index in [-0.39, 0.29) is 18.2 Å². The van der Waals surface area contributed by atoms with E-state index in [1.54, 1.807) is 0 Å². The summed E-state index contributed by atoms with van der Waals surface area (Å²) < 4.78 is 5.31. The second-order valence-corrected chi connectivity index (χ2v) is 6.59. The summed E-state index contributed by atoms with van der Waals surface area (Å²) in [5.41, 5.74) is 1.92. The van der Waals surface area contributed by atoms with Crippen LogP contribution in [-0.2, 0) is 14.3 Å². The summed E-state index contributed by atoms with van der Waals surface area (Å²) in [7, 11) is 0. The Balaban J connectivity index is 1.68. The molecule has 0 aromatic heterocycles. The lowest BCUT2D eigenvalue weighted by molar-refractivity contribution is -0.125. The van der Waals surface area contributed by atoms with Crippen molar-refractivity contribution in [1.82, 2.24) is 10.2 Å². The predicted molar refractivity (Wildman–Crippen MR) is 95.5 cm³/mol. The lowest BCUT2D eigenvalue weighted by Gasteiger charge is -2.32. The number of nitrogens with one attached hydrogen (secondary N) is 2. The molecule has 0 saturated carbocycles. The van der Waals surface area contributed by atoms with Gasteiger partial charge in [0.2, 0.25) is 17.8 Å². The number of rotatable bonds is 3. The number of carbonyl (C=O) groups excluding carboxylic acids is 2. The zero-order valence-electron chi connectivity index (χ0n) is 14.6. The summed E-state index contributed by atoms with van der Waals surface area (Å²) in [5, 5.41) is 5.61. The van der Waals surface area contributed by atoms with E-state index < -0.39 is 6.04 Å². The van der Waals surface area contributed by atoms with Gasteiger partial charge in [-0.05, 0) is 23.6 Å². The molecule has 1 fully saturated rings. The lowest BCUT2D eigenvalue weighted by Crippen LogP contribution is -2.53. The molecule has 3 rings (SSSR count). The van der Waals surface area contributed by atoms with Gasteiger partial charge < -0.3 is 15.0 Å². The summed E-state index contributed by atoms with van der Waals surface area (Å²) in [6, 6.07) is 7.04. The topological polar surface area (TPSA) is 83.0 Å². The normalized spacial score (nSPS) is 20.9. The van der Waals surface area contributed by atoms with E-state index in [0.29, 0.717) is 43.9 Å². The van der Waals surface area contributed by atoms with Crippen LogP contribution in [0.15, 0.2) is 29.3 Å². The quantitative estimate of drug-likeness (QED) is 0.866. The van der Waals surface area contributed by atoms with E-state index in [9.17, 15) is 9.59 Å². The summed E-state index contributed by atoms with van der Waals surface area (Å²) in [6.45, 7) is 6.74. The van der Waals surface area contributed by atoms with Crippen LogP contribution in [0.4, 0.5) is 5.69 Å². The Morgan fingerprint density at radius 1 is 1.28 bits per heavy atom. The van der Waals surface area contributed by atoms with Gasteiger partial charge in [0, 0.05) is 18.8 Å². The molecule has 7 nitrogen and oxygen atoms in total. The number of nitrogens with zero attached hydrogens (tertiary/aromatic N) is 2. The van der Waals surface area contributed by atoms with Crippen molar-refractivity contribution in [2.24, 2.45) is 4.99 Å². The van der Waals surface area contributed by atoms with Crippen molar-refractivity contribution in [1.29, 1.82) is 0 Å². The maximum absolute atomic E-state index is 12.5. The fraction of sp³-hybridized carbons (Fsp3) is 0.500. The summed E-state index contributed by atoms with van der Waals surface area (Å²) in [6.07, 6.45) is 0.0593. The Bertz CT molecular complexity index is 663. The number of hydrogen-bond acceptors (Lipinski definition) is 5. The number of benzene rings is 1. The summed E-state index contributed by atoms with van der Waals surface area (Å²) in [5.74, 6) is 0.451. The highest BCUT2D eigenvalue weighted by Gasteiger charge is 2.29. The van der Waals surface area contributed by atoms with Gasteiger partial charge in [-0.1, -0.05) is 26.0 Å². The van der Waals surface area contributed by atoms with Crippen molar-refractivity contribution < 1.29 is 14.3 Å². The highest BCUT2D eigenvalue weighted by atomic mass is 16.5. The molecule has 2 amide bonds. The number of guanidine groups is 1. The molecule has 134 valence electrons. The minimum atomic E-state index is -0.712. The second kappa shape index (κ2) is 7.65. The third kappa shape index (κ3) is 4.36. The van der Waals surface area contributed by atoms with Gasteiger partial charge in [-0.15, -0.1) is 0 Å². The van der Waals surface area contributed by atoms with Crippen LogP contribution in [-0.4, -0.2) is 55.0 Å². The minimum Gasteiger partial charge on any atom is -0.378 e. The van der Waals surface area contributed by atoms with Gasteiger partial charge in [-0.2, -0.15) is 0 Å². The second-order valence-electron chi connectivity index (χ2n) is 6.59. The first-order chi connectivity index (χ1) is 12.0. The molecule has 2 heterocycles. The molecule has 2 aliphatic heterocycles. The number of morpholine rings is 1. The predicted octanol–water partition coefficient (Wildman–Crippen LogP) is 1.33. The minimum absolute atomic E-state index is 0.0593. The average molecular weight is 344 g/mol. The van der Waals surface area contributed by atoms with E-state index >= 15 is 0 Å². The van der Waals surface area contributed by atoms with Gasteiger partial charge in [0.25, 0.3) is 0 Å². The van der Waals surface area contributed by atoms with Gasteiger partial charge in [-0.3, -0.25) is 14.9 Å². The van der Waals surface area contributed by atoms with Crippen molar-refractivity contribution in [3.05, 3.63) is 29.8 Å². The number of aliphatic imine (C=N–C) groups is 1. The molecule has 0 aliphatic carbocycles. The van der Waals surface area contributed by atoms with Crippen LogP contribution in [0, 0.1) is 0 Å². The molecule has 0 radical (unpaired) electrons. The zero-order chi connectivity index (χ0) is 17.8. The van der Waals surface area contributed by atoms with Gasteiger partial charge in [0.1, 0.15) is 6.04 Å². The maximum atomic E-state index is 12.5. The van der Waals surface area contributed by atoms with Gasteiger partial charge in [0.05, 0.1) is 19.6 Å².